The number of nitrogens with zero attached hydrogens (tertiary/aromatic N) is 2. The third-order valence-corrected chi connectivity index (χ3v) is 6.66. The van der Waals surface area contributed by atoms with E-state index in [1.165, 1.54) is 7.11 Å². The average molecular weight is 482 g/mol. The van der Waals surface area contributed by atoms with Crippen LogP contribution in [-0.2, 0) is 16.0 Å². The maximum Gasteiger partial charge on any atom is 0.337 e. The van der Waals surface area contributed by atoms with E-state index in [1.807, 2.05) is 18.2 Å². The number of rotatable bonds is 8. The summed E-state index contributed by atoms with van der Waals surface area (Å²) in [6.07, 6.45) is 8.17. The number of hydrogen-bond acceptors (Lipinski definition) is 9. The van der Waals surface area contributed by atoms with Gasteiger partial charge in [0.25, 0.3) is 11.1 Å². The first-order valence-corrected chi connectivity index (χ1v) is 12.1. The molecular formula is C24H27N5O4S. The summed E-state index contributed by atoms with van der Waals surface area (Å²) in [5.41, 5.74) is 2.26. The molecule has 0 bridgehead atoms. The molecule has 2 aliphatic rings. The van der Waals surface area contributed by atoms with E-state index in [0.29, 0.717) is 28.2 Å². The van der Waals surface area contributed by atoms with Crippen LogP contribution in [0.2, 0.25) is 0 Å². The molecule has 2 aromatic rings. The van der Waals surface area contributed by atoms with E-state index in [2.05, 4.69) is 25.9 Å². The third-order valence-electron chi connectivity index (χ3n) is 5.85. The molecule has 3 N–H and O–H groups in total. The van der Waals surface area contributed by atoms with Crippen LogP contribution in [0, 0.1) is 0 Å². The van der Waals surface area contributed by atoms with E-state index in [1.54, 1.807) is 24.4 Å². The van der Waals surface area contributed by atoms with Gasteiger partial charge >= 0.3 is 5.97 Å². The molecule has 1 saturated heterocycles. The average Bonchev–Trinajstić information content (AvgIpc) is 3.16. The number of thioether (sulfide) groups is 1. The maximum absolute atomic E-state index is 11.7. The van der Waals surface area contributed by atoms with Crippen molar-refractivity contribution >= 4 is 40.9 Å². The molecular weight excluding hydrogens is 454 g/mol. The van der Waals surface area contributed by atoms with Crippen molar-refractivity contribution in [1.82, 2.24) is 20.6 Å². The first kappa shape index (κ1) is 23.9. The molecule has 1 aromatic heterocycles. The predicted molar refractivity (Wildman–Crippen MR) is 130 cm³/mol. The predicted octanol–water partition coefficient (Wildman–Crippen LogP) is 3.14. The molecule has 1 saturated carbocycles. The minimum Gasteiger partial charge on any atom is -0.465 e. The summed E-state index contributed by atoms with van der Waals surface area (Å²) >= 11 is 0.871. The Bertz CT molecular complexity index is 1100. The number of carbonyl (C=O) groups is 3. The molecule has 2 heterocycles. The van der Waals surface area contributed by atoms with Gasteiger partial charge in [-0.1, -0.05) is 12.1 Å². The van der Waals surface area contributed by atoms with Gasteiger partial charge in [-0.15, -0.1) is 0 Å². The van der Waals surface area contributed by atoms with E-state index >= 15 is 0 Å². The van der Waals surface area contributed by atoms with E-state index in [0.717, 1.165) is 56.0 Å². The quantitative estimate of drug-likeness (QED) is 0.385. The fourth-order valence-electron chi connectivity index (χ4n) is 4.09. The van der Waals surface area contributed by atoms with Crippen LogP contribution in [0.25, 0.3) is 6.08 Å². The first-order chi connectivity index (χ1) is 16.5. The summed E-state index contributed by atoms with van der Waals surface area (Å²) in [7, 11) is 1.39. The third kappa shape index (κ3) is 6.42. The minimum atomic E-state index is -0.398. The monoisotopic (exact) mass is 481 g/mol. The van der Waals surface area contributed by atoms with Crippen molar-refractivity contribution in [3.05, 3.63) is 58.3 Å². The second-order valence-electron chi connectivity index (χ2n) is 8.25. The molecule has 0 unspecified atom stereocenters. The van der Waals surface area contributed by atoms with Crippen LogP contribution < -0.4 is 16.0 Å². The van der Waals surface area contributed by atoms with Gasteiger partial charge < -0.3 is 15.4 Å². The van der Waals surface area contributed by atoms with Gasteiger partial charge in [0.05, 0.1) is 23.3 Å². The van der Waals surface area contributed by atoms with Crippen molar-refractivity contribution in [2.75, 3.05) is 19.0 Å². The second-order valence-corrected chi connectivity index (χ2v) is 9.26. The van der Waals surface area contributed by atoms with Crippen LogP contribution in [0.5, 0.6) is 0 Å². The highest BCUT2D eigenvalue weighted by molar-refractivity contribution is 8.18. The summed E-state index contributed by atoms with van der Waals surface area (Å²) in [5.74, 6) is -0.194. The Kier molecular flexibility index (Phi) is 7.91. The van der Waals surface area contributed by atoms with Crippen molar-refractivity contribution < 1.29 is 19.1 Å². The zero-order chi connectivity index (χ0) is 23.9. The largest absolute Gasteiger partial charge is 0.465 e. The molecule has 1 aliphatic carbocycles. The van der Waals surface area contributed by atoms with Gasteiger partial charge in [-0.3, -0.25) is 14.9 Å². The van der Waals surface area contributed by atoms with Gasteiger partial charge in [-0.05, 0) is 80.2 Å². The van der Waals surface area contributed by atoms with E-state index < -0.39 is 5.91 Å². The zero-order valence-corrected chi connectivity index (χ0v) is 19.7. The number of amides is 2. The van der Waals surface area contributed by atoms with Crippen molar-refractivity contribution in [3.8, 4) is 0 Å². The van der Waals surface area contributed by atoms with Gasteiger partial charge in [-0.2, -0.15) is 0 Å². The maximum atomic E-state index is 11.7. The van der Waals surface area contributed by atoms with Crippen LogP contribution in [-0.4, -0.2) is 52.8 Å². The number of anilines is 1. The highest BCUT2D eigenvalue weighted by Crippen LogP contribution is 2.25. The lowest BCUT2D eigenvalue weighted by Crippen LogP contribution is -2.38. The molecule has 178 valence electrons. The summed E-state index contributed by atoms with van der Waals surface area (Å²) in [6, 6.07) is 9.99. The molecule has 9 nitrogen and oxygen atoms in total. The van der Waals surface area contributed by atoms with Gasteiger partial charge in [0, 0.05) is 18.3 Å². The number of imide groups is 1. The fourth-order valence-corrected chi connectivity index (χ4v) is 4.76. The Hall–Kier alpha value is -3.24. The first-order valence-electron chi connectivity index (χ1n) is 11.3. The summed E-state index contributed by atoms with van der Waals surface area (Å²) in [6.45, 7) is 0.849. The molecule has 10 heteroatoms. The normalized spacial score (nSPS) is 21.4. The minimum absolute atomic E-state index is 0.281. The molecule has 0 radical (unpaired) electrons. The van der Waals surface area contributed by atoms with Crippen LogP contribution in [0.1, 0.15) is 47.3 Å². The molecule has 0 atom stereocenters. The van der Waals surface area contributed by atoms with Crippen LogP contribution in [0.3, 0.4) is 0 Å². The smallest absolute Gasteiger partial charge is 0.337 e. The van der Waals surface area contributed by atoms with E-state index in [-0.39, 0.29) is 17.3 Å². The van der Waals surface area contributed by atoms with Crippen LogP contribution in [0.4, 0.5) is 10.7 Å². The van der Waals surface area contributed by atoms with E-state index in [9.17, 15) is 14.4 Å². The van der Waals surface area contributed by atoms with Crippen LogP contribution in [0.15, 0.2) is 41.4 Å². The van der Waals surface area contributed by atoms with Crippen LogP contribution >= 0.6 is 11.8 Å². The summed E-state index contributed by atoms with van der Waals surface area (Å²) in [4.78, 5) is 43.8. The lowest BCUT2D eigenvalue weighted by atomic mass is 9.91. The standard InChI is InChI=1S/C24H27N5O4S/c1-33-22(31)16-4-2-3-15(13-16)9-11-25-17-5-7-18(8-6-17)27-23-26-12-10-19(28-23)14-20-21(30)29-24(32)34-20/h2-4,10,12-14,17-18,25H,5-9,11H2,1H3,(H,26,27,28)(H,29,30,32)/b20-14-/t17-,18-. The van der Waals surface area contributed by atoms with Crippen molar-refractivity contribution in [2.45, 2.75) is 44.2 Å². The van der Waals surface area contributed by atoms with Crippen molar-refractivity contribution in [1.29, 1.82) is 0 Å². The van der Waals surface area contributed by atoms with Crippen molar-refractivity contribution in [3.63, 3.8) is 0 Å². The zero-order valence-electron chi connectivity index (χ0n) is 18.9. The van der Waals surface area contributed by atoms with E-state index in [4.69, 9.17) is 4.74 Å². The fraction of sp³-hybridized carbons (Fsp3) is 0.375. The molecule has 1 aliphatic heterocycles. The van der Waals surface area contributed by atoms with Gasteiger partial charge in [0.2, 0.25) is 5.95 Å². The Morgan fingerprint density at radius 2 is 2.00 bits per heavy atom. The number of ether oxygens (including phenoxy) is 1. The number of benzene rings is 1. The highest BCUT2D eigenvalue weighted by atomic mass is 32.2. The number of aromatic nitrogens is 2. The molecule has 2 amide bonds. The highest BCUT2D eigenvalue weighted by Gasteiger charge is 2.25. The van der Waals surface area contributed by atoms with Gasteiger partial charge in [0.15, 0.2) is 0 Å². The molecule has 1 aromatic carbocycles. The molecule has 34 heavy (non-hydrogen) atoms. The number of carbonyl (C=O) groups excluding carboxylic acids is 3. The number of nitrogens with one attached hydrogen (secondary N) is 3. The lowest BCUT2D eigenvalue weighted by molar-refractivity contribution is -0.115. The Morgan fingerprint density at radius 3 is 2.74 bits per heavy atom. The summed E-state index contributed by atoms with van der Waals surface area (Å²) in [5, 5.41) is 8.88. The van der Waals surface area contributed by atoms with Gasteiger partial charge in [-0.25, -0.2) is 14.8 Å². The molecule has 2 fully saturated rings. The Labute approximate surface area is 202 Å². The SMILES string of the molecule is COC(=O)c1cccc(CCN[C@H]2CC[C@H](Nc3nccc(/C=C4\SC(=O)NC4=O)n3)CC2)c1. The lowest BCUT2D eigenvalue weighted by Gasteiger charge is -2.29. The number of methoxy groups -OCH3 is 1. The topological polar surface area (TPSA) is 122 Å². The second kappa shape index (κ2) is 11.3. The Morgan fingerprint density at radius 1 is 1.21 bits per heavy atom. The number of hydrogen-bond donors (Lipinski definition) is 3. The molecule has 0 spiro atoms. The van der Waals surface area contributed by atoms with Crippen molar-refractivity contribution in [2.24, 2.45) is 0 Å². The molecule has 4 rings (SSSR count). The number of esters is 1. The Balaban J connectivity index is 1.22. The summed E-state index contributed by atoms with van der Waals surface area (Å²) < 4.78 is 4.79. The van der Waals surface area contributed by atoms with Gasteiger partial charge in [0.1, 0.15) is 0 Å².